The average Bonchev–Trinajstić information content (AvgIpc) is 3.14. The number of ether oxygens (including phenoxy) is 2. The van der Waals surface area contributed by atoms with Crippen LogP contribution in [0.2, 0.25) is 0 Å². The molecule has 1 aromatic rings. The summed E-state index contributed by atoms with van der Waals surface area (Å²) in [5, 5.41) is 0. The molecular weight excluding hydrogens is 729 g/mol. The summed E-state index contributed by atoms with van der Waals surface area (Å²) in [5.41, 5.74) is 3.33. The van der Waals surface area contributed by atoms with Crippen molar-refractivity contribution in [3.05, 3.63) is 53.4 Å². The number of pyridine rings is 1. The quantitative estimate of drug-likeness (QED) is 0.0171. The van der Waals surface area contributed by atoms with Crippen LogP contribution in [0.15, 0.2) is 36.4 Å². The number of carbonyl (C=O) groups is 2. The van der Waals surface area contributed by atoms with Gasteiger partial charge in [-0.25, -0.2) is 0 Å². The van der Waals surface area contributed by atoms with Gasteiger partial charge in [-0.3, -0.25) is 9.59 Å². The Morgan fingerprint density at radius 3 is 1.12 bits per heavy atom. The van der Waals surface area contributed by atoms with Gasteiger partial charge in [0.25, 0.3) is 0 Å². The fourth-order valence-corrected chi connectivity index (χ4v) is 7.09. The lowest BCUT2D eigenvalue weighted by molar-refractivity contribution is -0.736. The summed E-state index contributed by atoms with van der Waals surface area (Å²) >= 11 is 0. The van der Waals surface area contributed by atoms with Crippen molar-refractivity contribution in [3.63, 3.8) is 0 Å². The van der Waals surface area contributed by atoms with Gasteiger partial charge >= 0.3 is 19.2 Å². The van der Waals surface area contributed by atoms with E-state index in [1.165, 1.54) is 121 Å². The molecule has 0 radical (unpaired) electrons. The third kappa shape index (κ3) is 37.4. The molecule has 0 aliphatic carbocycles. The molecule has 5 nitrogen and oxygen atoms in total. The summed E-state index contributed by atoms with van der Waals surface area (Å²) in [6.07, 6.45) is 42.4. The maximum atomic E-state index is 12.7. The van der Waals surface area contributed by atoms with Gasteiger partial charge in [-0.2, -0.15) is 4.57 Å². The summed E-state index contributed by atoms with van der Waals surface area (Å²) in [6.45, 7) is 11.2. The topological polar surface area (TPSA) is 56.5 Å². The van der Waals surface area contributed by atoms with E-state index >= 15 is 0 Å². The van der Waals surface area contributed by atoms with Gasteiger partial charge < -0.3 is 26.7 Å². The van der Waals surface area contributed by atoms with Crippen LogP contribution >= 0.6 is 0 Å². The number of aryl methyl sites for hydroxylation is 3. The van der Waals surface area contributed by atoms with Crippen LogP contribution in [0.5, 0.6) is 0 Å². The molecule has 1 aromatic heterocycles. The highest BCUT2D eigenvalue weighted by molar-refractivity contribution is 6.50. The number of hydrogen-bond donors (Lipinski definition) is 0. The number of unbranched alkanes of at least 4 members (excludes halogenated alkanes) is 22. The zero-order valence-electron chi connectivity index (χ0n) is 36.9. The molecule has 0 fully saturated rings. The van der Waals surface area contributed by atoms with Gasteiger partial charge in [0.2, 0.25) is 6.04 Å². The summed E-state index contributed by atoms with van der Waals surface area (Å²) < 4.78 is 52.7. The minimum absolute atomic E-state index is 0.162. The Kier molecular flexibility index (Phi) is 35.9. The lowest BCUT2D eigenvalue weighted by atomic mass is 10.1. The maximum absolute atomic E-state index is 12.7. The number of aromatic nitrogens is 1. The first-order chi connectivity index (χ1) is 27.4. The summed E-state index contributed by atoms with van der Waals surface area (Å²) in [7, 11) is -6.00. The monoisotopic (exact) mass is 812 g/mol. The van der Waals surface area contributed by atoms with Crippen LogP contribution in [0.1, 0.15) is 217 Å². The molecule has 0 aromatic carbocycles. The van der Waals surface area contributed by atoms with Gasteiger partial charge in [0, 0.05) is 38.8 Å². The first-order valence-corrected chi connectivity index (χ1v) is 22.9. The SMILES string of the molecule is CCCCCCCCC=CCCCCCCCC(=O)OCC(COC(=O)CCCCCCCC=CCCCCCCCC)[n+]1c(C)cc(C)cc1C.F[B-](F)(F)F. The van der Waals surface area contributed by atoms with E-state index in [1.54, 1.807) is 0 Å². The van der Waals surface area contributed by atoms with Crippen molar-refractivity contribution in [1.29, 1.82) is 0 Å². The van der Waals surface area contributed by atoms with Crippen LogP contribution in [-0.2, 0) is 19.1 Å². The third-order valence-electron chi connectivity index (χ3n) is 10.2. The molecule has 1 heterocycles. The Morgan fingerprint density at radius 1 is 0.526 bits per heavy atom. The van der Waals surface area contributed by atoms with E-state index in [9.17, 15) is 26.9 Å². The van der Waals surface area contributed by atoms with E-state index in [2.05, 4.69) is 75.6 Å². The molecule has 0 spiro atoms. The van der Waals surface area contributed by atoms with Gasteiger partial charge in [0.1, 0.15) is 0 Å². The fourth-order valence-electron chi connectivity index (χ4n) is 7.09. The molecule has 0 N–H and O–H groups in total. The molecule has 0 aliphatic rings. The first kappa shape index (κ1) is 54.4. The molecule has 0 atom stereocenters. The Balaban J connectivity index is 0.00000587. The van der Waals surface area contributed by atoms with Crippen LogP contribution in [0.4, 0.5) is 17.3 Å². The molecule has 1 rings (SSSR count). The summed E-state index contributed by atoms with van der Waals surface area (Å²) in [5.74, 6) is -0.324. The molecule has 0 aliphatic heterocycles. The van der Waals surface area contributed by atoms with Crippen molar-refractivity contribution >= 4 is 19.2 Å². The van der Waals surface area contributed by atoms with Crippen molar-refractivity contribution in [2.24, 2.45) is 0 Å². The minimum atomic E-state index is -6.00. The normalized spacial score (nSPS) is 12.2. The molecule has 0 saturated heterocycles. The maximum Gasteiger partial charge on any atom is 0.673 e. The second-order valence-electron chi connectivity index (χ2n) is 15.9. The smallest absolute Gasteiger partial charge is 0.458 e. The zero-order valence-corrected chi connectivity index (χ0v) is 36.9. The lowest BCUT2D eigenvalue weighted by Gasteiger charge is -2.17. The number of hydrogen-bond acceptors (Lipinski definition) is 4. The highest BCUT2D eigenvalue weighted by atomic mass is 19.5. The van der Waals surface area contributed by atoms with Gasteiger partial charge in [0.15, 0.2) is 24.6 Å². The summed E-state index contributed by atoms with van der Waals surface area (Å²) in [6, 6.07) is 4.01. The molecule has 0 saturated carbocycles. The Morgan fingerprint density at radius 2 is 0.807 bits per heavy atom. The van der Waals surface area contributed by atoms with Gasteiger partial charge in [0.05, 0.1) is 0 Å². The molecule has 0 bridgehead atoms. The van der Waals surface area contributed by atoms with E-state index in [-0.39, 0.29) is 31.2 Å². The van der Waals surface area contributed by atoms with Crippen molar-refractivity contribution < 1.29 is 40.9 Å². The Bertz CT molecular complexity index is 1110. The predicted molar refractivity (Wildman–Crippen MR) is 231 cm³/mol. The lowest BCUT2D eigenvalue weighted by Crippen LogP contribution is -2.50. The third-order valence-corrected chi connectivity index (χ3v) is 10.2. The van der Waals surface area contributed by atoms with Gasteiger partial charge in [-0.15, -0.1) is 0 Å². The number of allylic oxidation sites excluding steroid dienone is 4. The summed E-state index contributed by atoms with van der Waals surface area (Å²) in [4.78, 5) is 25.4. The highest BCUT2D eigenvalue weighted by Gasteiger charge is 2.27. The van der Waals surface area contributed by atoms with Gasteiger partial charge in [-0.1, -0.05) is 141 Å². The molecular formula is C47H82BF4NO4. The largest absolute Gasteiger partial charge is 0.673 e. The van der Waals surface area contributed by atoms with Crippen LogP contribution in [0, 0.1) is 20.8 Å². The number of halogens is 4. The Hall–Kier alpha value is -2.65. The number of nitrogens with zero attached hydrogens (tertiary/aromatic N) is 1. The van der Waals surface area contributed by atoms with Gasteiger partial charge in [-0.05, 0) is 76.7 Å². The van der Waals surface area contributed by atoms with Crippen molar-refractivity contribution in [3.8, 4) is 0 Å². The van der Waals surface area contributed by atoms with Crippen molar-refractivity contribution in [2.75, 3.05) is 13.2 Å². The van der Waals surface area contributed by atoms with Crippen LogP contribution in [-0.4, -0.2) is 32.4 Å². The number of carbonyl (C=O) groups excluding carboxylic acids is 2. The molecule has 330 valence electrons. The van der Waals surface area contributed by atoms with E-state index in [1.807, 2.05) is 0 Å². The van der Waals surface area contributed by atoms with E-state index in [0.29, 0.717) is 12.8 Å². The standard InChI is InChI=1S/C47H82NO4.BF4/c1-6-8-10-12-14-16-18-20-22-24-26-28-30-32-34-36-46(49)51-40-45(48-43(4)38-42(3)39-44(48)5)41-52-47(50)37-35-33-31-29-27-25-23-21-19-17-15-13-11-9-7-2;2-1(3,4)5/h20-23,38-39,45H,6-19,24-37,40-41H2,1-5H3;/q+1;-1. The predicted octanol–water partition coefficient (Wildman–Crippen LogP) is 14.9. The van der Waals surface area contributed by atoms with Crippen molar-refractivity contribution in [2.45, 2.75) is 220 Å². The number of esters is 2. The minimum Gasteiger partial charge on any atom is -0.458 e. The molecule has 0 amide bonds. The first-order valence-electron chi connectivity index (χ1n) is 22.9. The fraction of sp³-hybridized carbons (Fsp3) is 0.766. The van der Waals surface area contributed by atoms with Crippen LogP contribution in [0.3, 0.4) is 0 Å². The number of rotatable bonds is 35. The Labute approximate surface area is 346 Å². The van der Waals surface area contributed by atoms with Crippen molar-refractivity contribution in [1.82, 2.24) is 0 Å². The second-order valence-corrected chi connectivity index (χ2v) is 15.9. The zero-order chi connectivity index (χ0) is 42.4. The average molecular weight is 812 g/mol. The van der Waals surface area contributed by atoms with E-state index < -0.39 is 7.25 Å². The van der Waals surface area contributed by atoms with E-state index in [0.717, 1.165) is 62.8 Å². The highest BCUT2D eigenvalue weighted by Crippen LogP contribution is 2.14. The van der Waals surface area contributed by atoms with Crippen LogP contribution < -0.4 is 4.57 Å². The molecule has 10 heteroatoms. The second kappa shape index (κ2) is 37.6. The molecule has 57 heavy (non-hydrogen) atoms. The molecule has 0 unspecified atom stereocenters. The van der Waals surface area contributed by atoms with Crippen LogP contribution in [0.25, 0.3) is 0 Å². The van der Waals surface area contributed by atoms with E-state index in [4.69, 9.17) is 9.47 Å².